The Balaban J connectivity index is 3.03. The molecular formula is C11H12F3NO. The van der Waals surface area contributed by atoms with E-state index in [2.05, 4.69) is 11.6 Å². The van der Waals surface area contributed by atoms with Crippen molar-refractivity contribution in [2.75, 3.05) is 6.61 Å². The van der Waals surface area contributed by atoms with E-state index >= 15 is 0 Å². The summed E-state index contributed by atoms with van der Waals surface area (Å²) in [5.41, 5.74) is 0.143. The van der Waals surface area contributed by atoms with Crippen molar-refractivity contribution in [3.63, 3.8) is 0 Å². The molecule has 0 aliphatic carbocycles. The van der Waals surface area contributed by atoms with Crippen LogP contribution < -0.4 is 4.74 Å². The highest BCUT2D eigenvalue weighted by atomic mass is 19.4. The van der Waals surface area contributed by atoms with E-state index in [-0.39, 0.29) is 12.4 Å². The fourth-order valence-corrected chi connectivity index (χ4v) is 1.08. The molecule has 88 valence electrons. The lowest BCUT2D eigenvalue weighted by molar-refractivity contribution is -0.139. The van der Waals surface area contributed by atoms with Crippen LogP contribution in [0.2, 0.25) is 0 Å². The molecule has 0 N–H and O–H groups in total. The second-order valence-corrected chi connectivity index (χ2v) is 3.57. The monoisotopic (exact) mass is 231 g/mol. The van der Waals surface area contributed by atoms with Crippen LogP contribution in [0.3, 0.4) is 0 Å². The molecule has 0 amide bonds. The molecule has 0 saturated carbocycles. The maximum absolute atomic E-state index is 12.6. The molecule has 0 atom stereocenters. The standard InChI is InChI=1S/C11H12F3NO/c1-7(2)6-16-10-5-15-8(3)4-9(10)11(12,13)14/h4-5H,1,6H2,2-3H3. The van der Waals surface area contributed by atoms with Gasteiger partial charge in [-0.05, 0) is 25.5 Å². The van der Waals surface area contributed by atoms with Crippen LogP contribution in [0, 0.1) is 6.92 Å². The zero-order valence-corrected chi connectivity index (χ0v) is 9.06. The van der Waals surface area contributed by atoms with Gasteiger partial charge in [0.15, 0.2) is 0 Å². The van der Waals surface area contributed by atoms with Gasteiger partial charge in [-0.3, -0.25) is 4.98 Å². The van der Waals surface area contributed by atoms with Crippen molar-refractivity contribution in [1.29, 1.82) is 0 Å². The molecule has 0 radical (unpaired) electrons. The van der Waals surface area contributed by atoms with Crippen LogP contribution in [0.1, 0.15) is 18.2 Å². The summed E-state index contributed by atoms with van der Waals surface area (Å²) in [5, 5.41) is 0. The molecule has 16 heavy (non-hydrogen) atoms. The van der Waals surface area contributed by atoms with Gasteiger partial charge in [-0.25, -0.2) is 0 Å². The summed E-state index contributed by atoms with van der Waals surface area (Å²) in [6, 6.07) is 0.966. The quantitative estimate of drug-likeness (QED) is 0.744. The Morgan fingerprint density at radius 2 is 2.12 bits per heavy atom. The van der Waals surface area contributed by atoms with Gasteiger partial charge in [0.05, 0.1) is 6.20 Å². The van der Waals surface area contributed by atoms with E-state index in [1.54, 1.807) is 6.92 Å². The van der Waals surface area contributed by atoms with Crippen molar-refractivity contribution in [2.45, 2.75) is 20.0 Å². The summed E-state index contributed by atoms with van der Waals surface area (Å²) in [7, 11) is 0. The van der Waals surface area contributed by atoms with E-state index in [1.807, 2.05) is 0 Å². The van der Waals surface area contributed by atoms with Gasteiger partial charge in [0.25, 0.3) is 0 Å². The van der Waals surface area contributed by atoms with Crippen LogP contribution in [-0.4, -0.2) is 11.6 Å². The Bertz CT molecular complexity index is 399. The maximum Gasteiger partial charge on any atom is 0.420 e. The first-order chi connectivity index (χ1) is 7.30. The van der Waals surface area contributed by atoms with E-state index in [4.69, 9.17) is 4.74 Å². The Kier molecular flexibility index (Phi) is 3.57. The summed E-state index contributed by atoms with van der Waals surface area (Å²) in [4.78, 5) is 3.78. The van der Waals surface area contributed by atoms with E-state index in [1.165, 1.54) is 6.92 Å². The third-order valence-electron chi connectivity index (χ3n) is 1.78. The zero-order valence-electron chi connectivity index (χ0n) is 9.06. The predicted octanol–water partition coefficient (Wildman–Crippen LogP) is 3.36. The molecule has 0 spiro atoms. The van der Waals surface area contributed by atoms with Crippen molar-refractivity contribution in [1.82, 2.24) is 4.98 Å². The molecule has 0 saturated heterocycles. The van der Waals surface area contributed by atoms with Crippen molar-refractivity contribution in [3.05, 3.63) is 35.7 Å². The van der Waals surface area contributed by atoms with Crippen molar-refractivity contribution in [3.8, 4) is 5.75 Å². The van der Waals surface area contributed by atoms with Crippen LogP contribution in [-0.2, 0) is 6.18 Å². The number of hydrogen-bond donors (Lipinski definition) is 0. The normalized spacial score (nSPS) is 11.3. The topological polar surface area (TPSA) is 22.1 Å². The molecule has 0 fully saturated rings. The third-order valence-corrected chi connectivity index (χ3v) is 1.78. The first kappa shape index (κ1) is 12.5. The van der Waals surface area contributed by atoms with Gasteiger partial charge in [0, 0.05) is 5.69 Å². The molecule has 1 aromatic heterocycles. The molecule has 0 bridgehead atoms. The Labute approximate surface area is 91.8 Å². The summed E-state index contributed by atoms with van der Waals surface area (Å²) >= 11 is 0. The number of ether oxygens (including phenoxy) is 1. The highest BCUT2D eigenvalue weighted by molar-refractivity contribution is 5.35. The lowest BCUT2D eigenvalue weighted by Crippen LogP contribution is -2.10. The summed E-state index contributed by atoms with van der Waals surface area (Å²) < 4.78 is 42.9. The molecule has 0 aliphatic rings. The summed E-state index contributed by atoms with van der Waals surface area (Å²) in [6.07, 6.45) is -3.35. The average molecular weight is 231 g/mol. The van der Waals surface area contributed by atoms with E-state index in [9.17, 15) is 13.2 Å². The summed E-state index contributed by atoms with van der Waals surface area (Å²) in [5.74, 6) is -0.263. The van der Waals surface area contributed by atoms with Crippen LogP contribution in [0.25, 0.3) is 0 Å². The molecule has 0 unspecified atom stereocenters. The van der Waals surface area contributed by atoms with Crippen LogP contribution >= 0.6 is 0 Å². The molecule has 0 aromatic carbocycles. The maximum atomic E-state index is 12.6. The zero-order chi connectivity index (χ0) is 12.3. The van der Waals surface area contributed by atoms with Crippen molar-refractivity contribution < 1.29 is 17.9 Å². The fraction of sp³-hybridized carbons (Fsp3) is 0.364. The number of alkyl halides is 3. The van der Waals surface area contributed by atoms with Crippen LogP contribution in [0.4, 0.5) is 13.2 Å². The first-order valence-corrected chi connectivity index (χ1v) is 4.61. The van der Waals surface area contributed by atoms with Gasteiger partial charge >= 0.3 is 6.18 Å². The molecule has 2 nitrogen and oxygen atoms in total. The molecule has 1 rings (SSSR count). The molecule has 1 aromatic rings. The minimum atomic E-state index is -4.43. The lowest BCUT2D eigenvalue weighted by atomic mass is 10.2. The molecule has 1 heterocycles. The lowest BCUT2D eigenvalue weighted by Gasteiger charge is -2.13. The fourth-order valence-electron chi connectivity index (χ4n) is 1.08. The SMILES string of the molecule is C=C(C)COc1cnc(C)cc1C(F)(F)F. The number of pyridine rings is 1. The van der Waals surface area contributed by atoms with Gasteiger partial charge in [0.2, 0.25) is 0 Å². The van der Waals surface area contributed by atoms with E-state index < -0.39 is 11.7 Å². The van der Waals surface area contributed by atoms with Gasteiger partial charge in [0.1, 0.15) is 17.9 Å². The third kappa shape index (κ3) is 3.25. The highest BCUT2D eigenvalue weighted by Crippen LogP contribution is 2.36. The largest absolute Gasteiger partial charge is 0.487 e. The minimum Gasteiger partial charge on any atom is -0.487 e. The van der Waals surface area contributed by atoms with Crippen LogP contribution in [0.5, 0.6) is 5.75 Å². The van der Waals surface area contributed by atoms with Crippen molar-refractivity contribution >= 4 is 0 Å². The molecular weight excluding hydrogens is 219 g/mol. The molecule has 5 heteroatoms. The number of halogens is 3. The highest BCUT2D eigenvalue weighted by Gasteiger charge is 2.34. The smallest absolute Gasteiger partial charge is 0.420 e. The van der Waals surface area contributed by atoms with Gasteiger partial charge in [-0.1, -0.05) is 6.58 Å². The number of rotatable bonds is 3. The molecule has 0 aliphatic heterocycles. The summed E-state index contributed by atoms with van der Waals surface area (Å²) in [6.45, 7) is 6.78. The Morgan fingerprint density at radius 3 is 2.62 bits per heavy atom. The predicted molar refractivity (Wildman–Crippen MR) is 54.3 cm³/mol. The van der Waals surface area contributed by atoms with Gasteiger partial charge in [-0.15, -0.1) is 0 Å². The Hall–Kier alpha value is -1.52. The number of aromatic nitrogens is 1. The van der Waals surface area contributed by atoms with Crippen molar-refractivity contribution in [2.24, 2.45) is 0 Å². The second kappa shape index (κ2) is 4.55. The minimum absolute atomic E-state index is 0.0494. The number of aryl methyl sites for hydroxylation is 1. The van der Waals surface area contributed by atoms with E-state index in [0.29, 0.717) is 11.3 Å². The second-order valence-electron chi connectivity index (χ2n) is 3.57. The number of hydrogen-bond acceptors (Lipinski definition) is 2. The van der Waals surface area contributed by atoms with Gasteiger partial charge < -0.3 is 4.74 Å². The van der Waals surface area contributed by atoms with Gasteiger partial charge in [-0.2, -0.15) is 13.2 Å². The Morgan fingerprint density at radius 1 is 1.50 bits per heavy atom. The van der Waals surface area contributed by atoms with Crippen LogP contribution in [0.15, 0.2) is 24.4 Å². The van der Waals surface area contributed by atoms with E-state index in [0.717, 1.165) is 12.3 Å². The first-order valence-electron chi connectivity index (χ1n) is 4.61. The number of nitrogens with zero attached hydrogens (tertiary/aromatic N) is 1. The average Bonchev–Trinajstić information content (AvgIpc) is 2.14.